The number of carbonyl (C=O) groups is 1. The Bertz CT molecular complexity index is 1580. The van der Waals surface area contributed by atoms with Crippen LogP contribution in [0, 0.1) is 12.7 Å². The summed E-state index contributed by atoms with van der Waals surface area (Å²) >= 11 is 6.03. The van der Waals surface area contributed by atoms with Crippen molar-refractivity contribution in [2.45, 2.75) is 24.8 Å². The van der Waals surface area contributed by atoms with E-state index in [2.05, 4.69) is 20.3 Å². The number of fused-ring (bicyclic) bond motifs is 1. The smallest absolute Gasteiger partial charge is 0.251 e. The topological polar surface area (TPSA) is 128 Å². The molecule has 4 aromatic rings. The Labute approximate surface area is 206 Å². The average Bonchev–Trinajstić information content (AvgIpc) is 2.79. The van der Waals surface area contributed by atoms with Crippen LogP contribution < -0.4 is 11.1 Å². The van der Waals surface area contributed by atoms with E-state index in [0.717, 1.165) is 18.0 Å². The first kappa shape index (κ1) is 24.5. The van der Waals surface area contributed by atoms with E-state index in [1.807, 2.05) is 0 Å². The molecule has 35 heavy (non-hydrogen) atoms. The summed E-state index contributed by atoms with van der Waals surface area (Å²) < 4.78 is 38.4. The Morgan fingerprint density at radius 1 is 1.17 bits per heavy atom. The lowest BCUT2D eigenvalue weighted by molar-refractivity contribution is 0.0950. The first-order valence-electron chi connectivity index (χ1n) is 10.4. The fourth-order valence-corrected chi connectivity index (χ4v) is 4.71. The monoisotopic (exact) mass is 513 g/mol. The Hall–Kier alpha value is -3.63. The summed E-state index contributed by atoms with van der Waals surface area (Å²) in [4.78, 5) is 25.1. The predicted octanol–water partition coefficient (Wildman–Crippen LogP) is 3.63. The van der Waals surface area contributed by atoms with E-state index in [1.54, 1.807) is 31.2 Å². The van der Waals surface area contributed by atoms with Gasteiger partial charge in [0.25, 0.3) is 5.91 Å². The van der Waals surface area contributed by atoms with Crippen LogP contribution in [0.25, 0.3) is 10.9 Å². The molecule has 3 aromatic heterocycles. The fraction of sp³-hybridized carbons (Fsp3) is 0.167. The average molecular weight is 514 g/mol. The SMILES string of the molecule is Cc1nc(N)c(Cl)cc1CNC(=O)c1ccnc(Cc2cc(S(C)(=O)=O)c3ncc(F)cc3c2)c1. The number of halogens is 2. The zero-order chi connectivity index (χ0) is 25.3. The molecule has 0 radical (unpaired) electrons. The Morgan fingerprint density at radius 2 is 1.94 bits per heavy atom. The van der Waals surface area contributed by atoms with E-state index in [-0.39, 0.29) is 35.1 Å². The van der Waals surface area contributed by atoms with Gasteiger partial charge in [0.15, 0.2) is 9.84 Å². The molecule has 3 heterocycles. The van der Waals surface area contributed by atoms with Crippen molar-refractivity contribution in [1.29, 1.82) is 0 Å². The minimum atomic E-state index is -3.61. The second kappa shape index (κ2) is 9.55. The molecule has 3 N–H and O–H groups in total. The van der Waals surface area contributed by atoms with Crippen LogP contribution in [0.3, 0.4) is 0 Å². The number of nitrogens with zero attached hydrogens (tertiary/aromatic N) is 3. The molecule has 0 fully saturated rings. The maximum Gasteiger partial charge on any atom is 0.251 e. The molecule has 0 atom stereocenters. The van der Waals surface area contributed by atoms with Crippen molar-refractivity contribution in [3.05, 3.63) is 87.7 Å². The normalized spacial score (nSPS) is 11.5. The number of aryl methyl sites for hydroxylation is 1. The van der Waals surface area contributed by atoms with Gasteiger partial charge in [0.1, 0.15) is 11.6 Å². The molecule has 0 saturated heterocycles. The maximum atomic E-state index is 13.7. The molecule has 0 bridgehead atoms. The molecular formula is C24H21ClFN5O3S. The van der Waals surface area contributed by atoms with Crippen LogP contribution in [0.1, 0.15) is 32.9 Å². The Kier molecular flexibility index (Phi) is 6.68. The van der Waals surface area contributed by atoms with Gasteiger partial charge in [-0.15, -0.1) is 0 Å². The highest BCUT2D eigenvalue weighted by atomic mass is 35.5. The van der Waals surface area contributed by atoms with Gasteiger partial charge in [0.05, 0.1) is 21.6 Å². The van der Waals surface area contributed by atoms with Crippen LogP contribution >= 0.6 is 11.6 Å². The molecule has 0 aliphatic rings. The second-order valence-corrected chi connectivity index (χ2v) is 10.5. The Morgan fingerprint density at radius 3 is 2.69 bits per heavy atom. The Balaban J connectivity index is 1.58. The van der Waals surface area contributed by atoms with Gasteiger partial charge in [0.2, 0.25) is 0 Å². The van der Waals surface area contributed by atoms with Gasteiger partial charge in [-0.1, -0.05) is 11.6 Å². The quantitative estimate of drug-likeness (QED) is 0.403. The number of nitrogens with one attached hydrogen (secondary N) is 1. The maximum absolute atomic E-state index is 13.7. The molecule has 1 aromatic carbocycles. The number of anilines is 1. The van der Waals surface area contributed by atoms with Gasteiger partial charge >= 0.3 is 0 Å². The van der Waals surface area contributed by atoms with Gasteiger partial charge in [-0.2, -0.15) is 0 Å². The van der Waals surface area contributed by atoms with Crippen molar-refractivity contribution in [2.75, 3.05) is 12.0 Å². The highest BCUT2D eigenvalue weighted by Crippen LogP contribution is 2.25. The zero-order valence-electron chi connectivity index (χ0n) is 18.8. The molecule has 4 rings (SSSR count). The summed E-state index contributed by atoms with van der Waals surface area (Å²) in [7, 11) is -3.61. The number of amides is 1. The summed E-state index contributed by atoms with van der Waals surface area (Å²) in [5.41, 5.74) is 8.79. The lowest BCUT2D eigenvalue weighted by Gasteiger charge is -2.11. The number of hydrogen-bond donors (Lipinski definition) is 2. The van der Waals surface area contributed by atoms with Crippen molar-refractivity contribution >= 4 is 44.1 Å². The van der Waals surface area contributed by atoms with Crippen molar-refractivity contribution < 1.29 is 17.6 Å². The number of pyridine rings is 3. The van der Waals surface area contributed by atoms with Crippen molar-refractivity contribution in [3.63, 3.8) is 0 Å². The van der Waals surface area contributed by atoms with Gasteiger partial charge in [-0.05, 0) is 54.4 Å². The predicted molar refractivity (Wildman–Crippen MR) is 131 cm³/mol. The van der Waals surface area contributed by atoms with E-state index in [0.29, 0.717) is 32.9 Å². The fourth-order valence-electron chi connectivity index (χ4n) is 3.65. The minimum Gasteiger partial charge on any atom is -0.382 e. The van der Waals surface area contributed by atoms with Gasteiger partial charge < -0.3 is 11.1 Å². The summed E-state index contributed by atoms with van der Waals surface area (Å²) in [5, 5.41) is 3.49. The van der Waals surface area contributed by atoms with E-state index < -0.39 is 15.7 Å². The lowest BCUT2D eigenvalue weighted by atomic mass is 10.0. The van der Waals surface area contributed by atoms with Gasteiger partial charge in [-0.3, -0.25) is 14.8 Å². The highest BCUT2D eigenvalue weighted by Gasteiger charge is 2.16. The first-order chi connectivity index (χ1) is 16.5. The van der Waals surface area contributed by atoms with Gasteiger partial charge in [-0.25, -0.2) is 17.8 Å². The van der Waals surface area contributed by atoms with Crippen LogP contribution in [0.4, 0.5) is 10.2 Å². The third kappa shape index (κ3) is 5.55. The highest BCUT2D eigenvalue weighted by molar-refractivity contribution is 7.91. The molecule has 180 valence electrons. The number of benzene rings is 1. The third-order valence-electron chi connectivity index (χ3n) is 5.38. The second-order valence-electron chi connectivity index (χ2n) is 8.09. The summed E-state index contributed by atoms with van der Waals surface area (Å²) in [6.45, 7) is 1.98. The summed E-state index contributed by atoms with van der Waals surface area (Å²) in [5.74, 6) is -0.675. The lowest BCUT2D eigenvalue weighted by Crippen LogP contribution is -2.23. The van der Waals surface area contributed by atoms with E-state index >= 15 is 0 Å². The summed E-state index contributed by atoms with van der Waals surface area (Å²) in [6.07, 6.45) is 3.78. The van der Waals surface area contributed by atoms with Crippen LogP contribution in [0.5, 0.6) is 0 Å². The van der Waals surface area contributed by atoms with Crippen LogP contribution in [-0.2, 0) is 22.8 Å². The molecule has 0 aliphatic heterocycles. The number of nitrogens with two attached hydrogens (primary N) is 1. The molecule has 0 aliphatic carbocycles. The van der Waals surface area contributed by atoms with E-state index in [4.69, 9.17) is 17.3 Å². The first-order valence-corrected chi connectivity index (χ1v) is 12.7. The number of hydrogen-bond acceptors (Lipinski definition) is 7. The number of aromatic nitrogens is 3. The van der Waals surface area contributed by atoms with Crippen molar-refractivity contribution in [3.8, 4) is 0 Å². The number of rotatable bonds is 6. The standard InChI is InChI=1S/C24H21ClFN5O3S/c1-13-17(10-20(25)23(27)31-13)11-30-24(32)15-3-4-28-19(9-15)6-14-5-16-8-18(26)12-29-22(16)21(7-14)35(2,33)34/h3-5,7-10,12H,6,11H2,1-2H3,(H2,27,31)(H,30,32). The van der Waals surface area contributed by atoms with Crippen LogP contribution in [0.15, 0.2) is 53.7 Å². The molecular weight excluding hydrogens is 493 g/mol. The summed E-state index contributed by atoms with van der Waals surface area (Å²) in [6, 6.07) is 9.24. The molecule has 8 nitrogen and oxygen atoms in total. The van der Waals surface area contributed by atoms with E-state index in [1.165, 1.54) is 18.3 Å². The van der Waals surface area contributed by atoms with Crippen LogP contribution in [0.2, 0.25) is 5.02 Å². The largest absolute Gasteiger partial charge is 0.382 e. The molecule has 11 heteroatoms. The number of nitrogen functional groups attached to an aromatic ring is 1. The van der Waals surface area contributed by atoms with Crippen molar-refractivity contribution in [2.24, 2.45) is 0 Å². The molecule has 0 saturated carbocycles. The minimum absolute atomic E-state index is 0.00466. The van der Waals surface area contributed by atoms with Crippen LogP contribution in [-0.4, -0.2) is 35.5 Å². The third-order valence-corrected chi connectivity index (χ3v) is 6.79. The zero-order valence-corrected chi connectivity index (χ0v) is 20.4. The van der Waals surface area contributed by atoms with Gasteiger partial charge in [0, 0.05) is 47.8 Å². The molecule has 1 amide bonds. The molecule has 0 unspecified atom stereocenters. The number of sulfone groups is 1. The number of carbonyl (C=O) groups excluding carboxylic acids is 1. The van der Waals surface area contributed by atoms with Crippen molar-refractivity contribution in [1.82, 2.24) is 20.3 Å². The molecule has 0 spiro atoms. The van der Waals surface area contributed by atoms with E-state index in [9.17, 15) is 17.6 Å².